The first-order valence-electron chi connectivity index (χ1n) is 6.10. The minimum Gasteiger partial charge on any atom is -0.319 e. The number of rotatable bonds is 4. The molecule has 0 aliphatic carbocycles. The zero-order valence-corrected chi connectivity index (χ0v) is 11.4. The standard InChI is InChI=1S/C14H17FN2S/c1-3-14(16,4-2)13-17-12(9-18-13)10-7-5-6-8-11(10)15/h5-9H,3-4,16H2,1-2H3. The number of aromatic nitrogens is 1. The van der Waals surface area contributed by atoms with Crippen LogP contribution in [-0.2, 0) is 5.54 Å². The Morgan fingerprint density at radius 1 is 1.28 bits per heavy atom. The molecule has 0 aliphatic heterocycles. The molecule has 0 aliphatic rings. The van der Waals surface area contributed by atoms with Crippen LogP contribution in [-0.4, -0.2) is 4.98 Å². The minimum atomic E-state index is -0.395. The van der Waals surface area contributed by atoms with Crippen molar-refractivity contribution in [3.63, 3.8) is 0 Å². The van der Waals surface area contributed by atoms with Crippen molar-refractivity contribution in [2.45, 2.75) is 32.2 Å². The third-order valence-electron chi connectivity index (χ3n) is 3.34. The molecule has 0 radical (unpaired) electrons. The molecule has 0 saturated heterocycles. The number of nitrogens with zero attached hydrogens (tertiary/aromatic N) is 1. The molecule has 0 unspecified atom stereocenters. The summed E-state index contributed by atoms with van der Waals surface area (Å²) in [5, 5.41) is 2.76. The number of halogens is 1. The van der Waals surface area contributed by atoms with Crippen molar-refractivity contribution >= 4 is 11.3 Å². The van der Waals surface area contributed by atoms with Crippen molar-refractivity contribution in [3.8, 4) is 11.3 Å². The van der Waals surface area contributed by atoms with E-state index in [4.69, 9.17) is 5.73 Å². The summed E-state index contributed by atoms with van der Waals surface area (Å²) in [6, 6.07) is 6.68. The van der Waals surface area contributed by atoms with Gasteiger partial charge in [0.25, 0.3) is 0 Å². The SMILES string of the molecule is CCC(N)(CC)c1nc(-c2ccccc2F)cs1. The Balaban J connectivity index is 2.40. The van der Waals surface area contributed by atoms with E-state index < -0.39 is 5.54 Å². The highest BCUT2D eigenvalue weighted by Gasteiger charge is 2.26. The van der Waals surface area contributed by atoms with Crippen LogP contribution in [0.4, 0.5) is 4.39 Å². The van der Waals surface area contributed by atoms with Gasteiger partial charge in [0.15, 0.2) is 0 Å². The van der Waals surface area contributed by atoms with Gasteiger partial charge in [-0.05, 0) is 25.0 Å². The van der Waals surface area contributed by atoms with Crippen LogP contribution in [0.3, 0.4) is 0 Å². The highest BCUT2D eigenvalue weighted by atomic mass is 32.1. The highest BCUT2D eigenvalue weighted by Crippen LogP contribution is 2.32. The van der Waals surface area contributed by atoms with Gasteiger partial charge in [0.2, 0.25) is 0 Å². The summed E-state index contributed by atoms with van der Waals surface area (Å²) in [6.45, 7) is 4.10. The summed E-state index contributed by atoms with van der Waals surface area (Å²) in [7, 11) is 0. The number of nitrogens with two attached hydrogens (primary N) is 1. The molecule has 96 valence electrons. The average Bonchev–Trinajstić information content (AvgIpc) is 2.88. The first kappa shape index (κ1) is 13.2. The molecular weight excluding hydrogens is 247 g/mol. The topological polar surface area (TPSA) is 38.9 Å². The number of benzene rings is 1. The summed E-state index contributed by atoms with van der Waals surface area (Å²) in [5.41, 5.74) is 7.11. The maximum absolute atomic E-state index is 13.7. The molecule has 0 saturated carbocycles. The molecule has 0 spiro atoms. The van der Waals surface area contributed by atoms with Crippen LogP contribution >= 0.6 is 11.3 Å². The second kappa shape index (κ2) is 5.16. The minimum absolute atomic E-state index is 0.245. The van der Waals surface area contributed by atoms with Crippen LogP contribution in [0, 0.1) is 5.82 Å². The summed E-state index contributed by atoms with van der Waals surface area (Å²) in [5.74, 6) is -0.245. The van der Waals surface area contributed by atoms with Gasteiger partial charge < -0.3 is 5.73 Å². The van der Waals surface area contributed by atoms with E-state index in [2.05, 4.69) is 4.98 Å². The first-order chi connectivity index (χ1) is 8.60. The quantitative estimate of drug-likeness (QED) is 0.909. The van der Waals surface area contributed by atoms with Crippen molar-refractivity contribution in [3.05, 3.63) is 40.5 Å². The monoisotopic (exact) mass is 264 g/mol. The van der Waals surface area contributed by atoms with Gasteiger partial charge in [0.1, 0.15) is 10.8 Å². The fourth-order valence-corrected chi connectivity index (χ4v) is 2.92. The number of thiazole rings is 1. The largest absolute Gasteiger partial charge is 0.319 e. The van der Waals surface area contributed by atoms with E-state index in [0.717, 1.165) is 17.8 Å². The van der Waals surface area contributed by atoms with Gasteiger partial charge in [0, 0.05) is 10.9 Å². The smallest absolute Gasteiger partial charge is 0.132 e. The maximum atomic E-state index is 13.7. The van der Waals surface area contributed by atoms with Crippen LogP contribution in [0.15, 0.2) is 29.6 Å². The molecule has 0 atom stereocenters. The van der Waals surface area contributed by atoms with Crippen molar-refractivity contribution in [2.75, 3.05) is 0 Å². The van der Waals surface area contributed by atoms with Gasteiger partial charge in [-0.1, -0.05) is 26.0 Å². The second-order valence-electron chi connectivity index (χ2n) is 4.38. The summed E-state index contributed by atoms with van der Waals surface area (Å²) >= 11 is 1.51. The Morgan fingerprint density at radius 3 is 2.56 bits per heavy atom. The van der Waals surface area contributed by atoms with Crippen molar-refractivity contribution in [1.82, 2.24) is 4.98 Å². The van der Waals surface area contributed by atoms with Gasteiger partial charge in [-0.15, -0.1) is 11.3 Å². The number of hydrogen-bond donors (Lipinski definition) is 1. The lowest BCUT2D eigenvalue weighted by molar-refractivity contribution is 0.411. The molecule has 2 rings (SSSR count). The van der Waals surface area contributed by atoms with E-state index in [1.165, 1.54) is 17.4 Å². The Hall–Kier alpha value is -1.26. The van der Waals surface area contributed by atoms with Gasteiger partial charge >= 0.3 is 0 Å². The van der Waals surface area contributed by atoms with Gasteiger partial charge in [-0.3, -0.25) is 0 Å². The Labute approximate surface area is 111 Å². The van der Waals surface area contributed by atoms with Crippen molar-refractivity contribution < 1.29 is 4.39 Å². The molecule has 2 nitrogen and oxygen atoms in total. The van der Waals surface area contributed by atoms with E-state index in [1.54, 1.807) is 12.1 Å². The predicted octanol–water partition coefficient (Wildman–Crippen LogP) is 3.92. The van der Waals surface area contributed by atoms with Gasteiger partial charge in [0.05, 0.1) is 11.2 Å². The van der Waals surface area contributed by atoms with Crippen LogP contribution in [0.5, 0.6) is 0 Å². The maximum Gasteiger partial charge on any atom is 0.132 e. The van der Waals surface area contributed by atoms with E-state index in [9.17, 15) is 4.39 Å². The Morgan fingerprint density at radius 2 is 1.94 bits per heavy atom. The molecule has 0 amide bonds. The Kier molecular flexibility index (Phi) is 3.78. The molecule has 2 N–H and O–H groups in total. The lowest BCUT2D eigenvalue weighted by Gasteiger charge is -2.23. The average molecular weight is 264 g/mol. The fourth-order valence-electron chi connectivity index (χ4n) is 1.85. The molecular formula is C14H17FN2S. The third-order valence-corrected chi connectivity index (χ3v) is 4.40. The van der Waals surface area contributed by atoms with Crippen molar-refractivity contribution in [2.24, 2.45) is 5.73 Å². The number of hydrogen-bond acceptors (Lipinski definition) is 3. The zero-order valence-electron chi connectivity index (χ0n) is 10.6. The van der Waals surface area contributed by atoms with Crippen LogP contribution in [0.1, 0.15) is 31.7 Å². The molecule has 2 aromatic rings. The molecule has 1 aromatic heterocycles. The zero-order chi connectivity index (χ0) is 13.2. The summed E-state index contributed by atoms with van der Waals surface area (Å²) < 4.78 is 13.7. The fraction of sp³-hybridized carbons (Fsp3) is 0.357. The van der Waals surface area contributed by atoms with E-state index in [1.807, 2.05) is 25.3 Å². The van der Waals surface area contributed by atoms with E-state index >= 15 is 0 Å². The molecule has 1 heterocycles. The lowest BCUT2D eigenvalue weighted by Crippen LogP contribution is -2.34. The van der Waals surface area contributed by atoms with E-state index in [0.29, 0.717) is 11.3 Å². The third kappa shape index (κ3) is 2.31. The molecule has 4 heteroatoms. The second-order valence-corrected chi connectivity index (χ2v) is 5.24. The van der Waals surface area contributed by atoms with Crippen LogP contribution < -0.4 is 5.73 Å². The molecule has 0 bridgehead atoms. The van der Waals surface area contributed by atoms with Gasteiger partial charge in [-0.2, -0.15) is 0 Å². The van der Waals surface area contributed by atoms with Crippen LogP contribution in [0.2, 0.25) is 0 Å². The van der Waals surface area contributed by atoms with Crippen LogP contribution in [0.25, 0.3) is 11.3 Å². The highest BCUT2D eigenvalue weighted by molar-refractivity contribution is 7.10. The molecule has 1 aromatic carbocycles. The lowest BCUT2D eigenvalue weighted by atomic mass is 9.95. The first-order valence-corrected chi connectivity index (χ1v) is 6.98. The Bertz CT molecular complexity index is 532. The van der Waals surface area contributed by atoms with Gasteiger partial charge in [-0.25, -0.2) is 9.37 Å². The summed E-state index contributed by atoms with van der Waals surface area (Å²) in [4.78, 5) is 4.51. The van der Waals surface area contributed by atoms with Crippen molar-refractivity contribution in [1.29, 1.82) is 0 Å². The predicted molar refractivity (Wildman–Crippen MR) is 74.0 cm³/mol. The molecule has 0 fully saturated rings. The molecule has 18 heavy (non-hydrogen) atoms. The summed E-state index contributed by atoms with van der Waals surface area (Å²) in [6.07, 6.45) is 1.65. The van der Waals surface area contributed by atoms with E-state index in [-0.39, 0.29) is 5.82 Å². The normalized spacial score (nSPS) is 11.8.